The van der Waals surface area contributed by atoms with Crippen LogP contribution in [-0.2, 0) is 9.47 Å². The molecule has 1 atom stereocenters. The van der Waals surface area contributed by atoms with E-state index in [0.717, 1.165) is 0 Å². The summed E-state index contributed by atoms with van der Waals surface area (Å²) < 4.78 is 23.4. The van der Waals surface area contributed by atoms with Gasteiger partial charge in [-0.05, 0) is 32.0 Å². The molecule has 0 fully saturated rings. The zero-order valence-electron chi connectivity index (χ0n) is 9.80. The molecule has 0 aliphatic carbocycles. The average Bonchev–Trinajstić information content (AvgIpc) is 2.23. The molecule has 0 aliphatic rings. The molecule has 1 aromatic carbocycles. The third kappa shape index (κ3) is 5.69. The SMILES string of the molecule is CCOC(C)OCC#Cc1cc(F)cc(Cl)c1. The highest BCUT2D eigenvalue weighted by molar-refractivity contribution is 6.30. The second-order valence-electron chi connectivity index (χ2n) is 3.29. The van der Waals surface area contributed by atoms with E-state index in [2.05, 4.69) is 11.8 Å². The average molecular weight is 257 g/mol. The van der Waals surface area contributed by atoms with E-state index in [0.29, 0.717) is 17.2 Å². The van der Waals surface area contributed by atoms with Gasteiger partial charge in [-0.1, -0.05) is 23.4 Å². The Balaban J connectivity index is 2.48. The van der Waals surface area contributed by atoms with E-state index in [4.69, 9.17) is 21.1 Å². The van der Waals surface area contributed by atoms with Crippen LogP contribution in [0.4, 0.5) is 4.39 Å². The van der Waals surface area contributed by atoms with E-state index < -0.39 is 5.82 Å². The molecule has 1 aromatic rings. The van der Waals surface area contributed by atoms with Crippen molar-refractivity contribution in [1.82, 2.24) is 0 Å². The largest absolute Gasteiger partial charge is 0.353 e. The van der Waals surface area contributed by atoms with Crippen molar-refractivity contribution in [3.8, 4) is 11.8 Å². The molecule has 0 radical (unpaired) electrons. The summed E-state index contributed by atoms with van der Waals surface area (Å²) in [6.45, 7) is 4.51. The van der Waals surface area contributed by atoms with E-state index in [1.54, 1.807) is 13.0 Å². The van der Waals surface area contributed by atoms with E-state index >= 15 is 0 Å². The Labute approximate surface area is 106 Å². The van der Waals surface area contributed by atoms with Gasteiger partial charge in [0.25, 0.3) is 0 Å². The van der Waals surface area contributed by atoms with E-state index in [-0.39, 0.29) is 12.9 Å². The molecule has 0 saturated carbocycles. The molecule has 1 rings (SSSR count). The van der Waals surface area contributed by atoms with Gasteiger partial charge in [0, 0.05) is 17.2 Å². The zero-order valence-corrected chi connectivity index (χ0v) is 10.6. The fourth-order valence-corrected chi connectivity index (χ4v) is 1.43. The Morgan fingerprint density at radius 2 is 2.12 bits per heavy atom. The Morgan fingerprint density at radius 1 is 1.35 bits per heavy atom. The molecule has 0 saturated heterocycles. The summed E-state index contributed by atoms with van der Waals surface area (Å²) >= 11 is 5.70. The molecule has 0 spiro atoms. The summed E-state index contributed by atoms with van der Waals surface area (Å²) in [7, 11) is 0. The zero-order chi connectivity index (χ0) is 12.7. The van der Waals surface area contributed by atoms with Crippen LogP contribution in [0, 0.1) is 17.7 Å². The van der Waals surface area contributed by atoms with Crippen LogP contribution in [0.25, 0.3) is 0 Å². The molecule has 0 heterocycles. The highest BCUT2D eigenvalue weighted by Gasteiger charge is 1.98. The summed E-state index contributed by atoms with van der Waals surface area (Å²) in [5.41, 5.74) is 0.530. The first-order valence-corrected chi connectivity index (χ1v) is 5.67. The quantitative estimate of drug-likeness (QED) is 0.608. The van der Waals surface area contributed by atoms with Gasteiger partial charge in [-0.2, -0.15) is 0 Å². The third-order valence-corrected chi connectivity index (χ3v) is 2.11. The van der Waals surface area contributed by atoms with E-state index in [1.165, 1.54) is 12.1 Å². The van der Waals surface area contributed by atoms with Crippen molar-refractivity contribution in [2.45, 2.75) is 20.1 Å². The van der Waals surface area contributed by atoms with E-state index in [9.17, 15) is 4.39 Å². The predicted octanol–water partition coefficient (Wildman–Crippen LogP) is 3.23. The molecule has 17 heavy (non-hydrogen) atoms. The van der Waals surface area contributed by atoms with Crippen molar-refractivity contribution >= 4 is 11.6 Å². The van der Waals surface area contributed by atoms with Crippen molar-refractivity contribution in [2.24, 2.45) is 0 Å². The fraction of sp³-hybridized carbons (Fsp3) is 0.385. The first-order valence-electron chi connectivity index (χ1n) is 5.30. The fourth-order valence-electron chi connectivity index (χ4n) is 1.21. The van der Waals surface area contributed by atoms with Gasteiger partial charge in [0.1, 0.15) is 12.4 Å². The van der Waals surface area contributed by atoms with Crippen LogP contribution < -0.4 is 0 Å². The van der Waals surface area contributed by atoms with Crippen LogP contribution in [-0.4, -0.2) is 19.5 Å². The van der Waals surface area contributed by atoms with Gasteiger partial charge in [-0.25, -0.2) is 4.39 Å². The van der Waals surface area contributed by atoms with Crippen LogP contribution in [0.5, 0.6) is 0 Å². The molecular weight excluding hydrogens is 243 g/mol. The smallest absolute Gasteiger partial charge is 0.156 e. The van der Waals surface area contributed by atoms with Crippen molar-refractivity contribution in [3.63, 3.8) is 0 Å². The topological polar surface area (TPSA) is 18.5 Å². The minimum atomic E-state index is -0.398. The summed E-state index contributed by atoms with van der Waals surface area (Å²) in [6.07, 6.45) is -0.287. The molecule has 2 nitrogen and oxygen atoms in total. The van der Waals surface area contributed by atoms with Gasteiger partial charge < -0.3 is 9.47 Å². The molecule has 0 aromatic heterocycles. The summed E-state index contributed by atoms with van der Waals surface area (Å²) in [5, 5.41) is 0.331. The van der Waals surface area contributed by atoms with Gasteiger partial charge in [0.2, 0.25) is 0 Å². The Kier molecular flexibility index (Phi) is 5.99. The second kappa shape index (κ2) is 7.29. The maximum Gasteiger partial charge on any atom is 0.156 e. The maximum absolute atomic E-state index is 13.0. The van der Waals surface area contributed by atoms with Crippen molar-refractivity contribution in [1.29, 1.82) is 0 Å². The van der Waals surface area contributed by atoms with Crippen LogP contribution in [0.2, 0.25) is 5.02 Å². The number of hydrogen-bond acceptors (Lipinski definition) is 2. The molecule has 1 unspecified atom stereocenters. The van der Waals surface area contributed by atoms with Gasteiger partial charge >= 0.3 is 0 Å². The summed E-state index contributed by atoms with van der Waals surface area (Å²) in [4.78, 5) is 0. The molecule has 4 heteroatoms. The Morgan fingerprint density at radius 3 is 2.76 bits per heavy atom. The maximum atomic E-state index is 13.0. The normalized spacial score (nSPS) is 11.8. The van der Waals surface area contributed by atoms with Crippen molar-refractivity contribution < 1.29 is 13.9 Å². The van der Waals surface area contributed by atoms with Crippen LogP contribution in [0.1, 0.15) is 19.4 Å². The minimum Gasteiger partial charge on any atom is -0.353 e. The predicted molar refractivity (Wildman–Crippen MR) is 65.3 cm³/mol. The van der Waals surface area contributed by atoms with Gasteiger partial charge in [0.15, 0.2) is 6.29 Å². The molecule has 0 bridgehead atoms. The van der Waals surface area contributed by atoms with Gasteiger partial charge in [-0.15, -0.1) is 0 Å². The van der Waals surface area contributed by atoms with Crippen molar-refractivity contribution in [2.75, 3.05) is 13.2 Å². The molecular formula is C13H14ClFO2. The minimum absolute atomic E-state index is 0.231. The van der Waals surface area contributed by atoms with Crippen molar-refractivity contribution in [3.05, 3.63) is 34.6 Å². The second-order valence-corrected chi connectivity index (χ2v) is 3.73. The molecule has 0 amide bonds. The lowest BCUT2D eigenvalue weighted by atomic mass is 10.2. The highest BCUT2D eigenvalue weighted by Crippen LogP contribution is 2.12. The highest BCUT2D eigenvalue weighted by atomic mass is 35.5. The van der Waals surface area contributed by atoms with Crippen LogP contribution in [0.15, 0.2) is 18.2 Å². The third-order valence-electron chi connectivity index (χ3n) is 1.89. The number of halogens is 2. The van der Waals surface area contributed by atoms with Crippen LogP contribution >= 0.6 is 11.6 Å². The van der Waals surface area contributed by atoms with E-state index in [1.807, 2.05) is 6.92 Å². The van der Waals surface area contributed by atoms with Gasteiger partial charge in [0.05, 0.1) is 0 Å². The lowest BCUT2D eigenvalue weighted by Crippen LogP contribution is -2.12. The summed E-state index contributed by atoms with van der Waals surface area (Å²) in [5.74, 6) is 5.14. The first kappa shape index (κ1) is 14.0. The number of benzene rings is 1. The lowest BCUT2D eigenvalue weighted by molar-refractivity contribution is -0.117. The number of rotatable bonds is 4. The number of hydrogen-bond donors (Lipinski definition) is 0. The number of ether oxygens (including phenoxy) is 2. The monoisotopic (exact) mass is 256 g/mol. The molecule has 0 aliphatic heterocycles. The molecule has 92 valence electrons. The summed E-state index contributed by atoms with van der Waals surface area (Å²) in [6, 6.07) is 4.16. The lowest BCUT2D eigenvalue weighted by Gasteiger charge is -2.09. The molecule has 0 N–H and O–H groups in total. The first-order chi connectivity index (χ1) is 8.11. The Hall–Kier alpha value is -1.08. The van der Waals surface area contributed by atoms with Gasteiger partial charge in [-0.3, -0.25) is 0 Å². The Bertz CT molecular complexity index is 403. The van der Waals surface area contributed by atoms with Crippen LogP contribution in [0.3, 0.4) is 0 Å². The standard InChI is InChI=1S/C13H14ClFO2/c1-3-16-10(2)17-6-4-5-11-7-12(14)9-13(15)8-11/h7-10H,3,6H2,1-2H3.